The van der Waals surface area contributed by atoms with Crippen LogP contribution in [0.3, 0.4) is 0 Å². The largest absolute Gasteiger partial charge is 0.475 e. The van der Waals surface area contributed by atoms with Crippen LogP contribution in [0.1, 0.15) is 38.1 Å². The summed E-state index contributed by atoms with van der Waals surface area (Å²) in [6.07, 6.45) is 0. The van der Waals surface area contributed by atoms with Crippen LogP contribution in [0, 0.1) is 11.8 Å². The van der Waals surface area contributed by atoms with Gasteiger partial charge in [-0.2, -0.15) is 0 Å². The summed E-state index contributed by atoms with van der Waals surface area (Å²) < 4.78 is 5.73. The molecule has 0 aliphatic heterocycles. The number of carbonyl (C=O) groups is 2. The third-order valence-electron chi connectivity index (χ3n) is 3.12. The SMILES string of the molecule is CC#CC(C)(C)Oc1ccc(C(=O)N[C@H](C(=O)NO)[C@@H](C)N)cc1. The Morgan fingerprint density at radius 3 is 2.33 bits per heavy atom. The molecular formula is C17H23N3O4. The van der Waals surface area contributed by atoms with Gasteiger partial charge in [0, 0.05) is 11.6 Å². The second-order valence-corrected chi connectivity index (χ2v) is 5.80. The van der Waals surface area contributed by atoms with E-state index in [1.54, 1.807) is 38.1 Å². The molecule has 0 aromatic heterocycles. The zero-order valence-electron chi connectivity index (χ0n) is 14.2. The van der Waals surface area contributed by atoms with Crippen molar-refractivity contribution in [3.05, 3.63) is 29.8 Å². The molecule has 7 heteroatoms. The number of hydroxylamine groups is 1. The van der Waals surface area contributed by atoms with Crippen molar-refractivity contribution < 1.29 is 19.5 Å². The van der Waals surface area contributed by atoms with Gasteiger partial charge in [0.2, 0.25) is 0 Å². The van der Waals surface area contributed by atoms with Crippen molar-refractivity contribution in [1.29, 1.82) is 0 Å². The maximum Gasteiger partial charge on any atom is 0.267 e. The van der Waals surface area contributed by atoms with E-state index in [2.05, 4.69) is 17.2 Å². The summed E-state index contributed by atoms with van der Waals surface area (Å²) in [6, 6.07) is 4.70. The van der Waals surface area contributed by atoms with Crippen LogP contribution in [-0.4, -0.2) is 34.7 Å². The third kappa shape index (κ3) is 5.57. The van der Waals surface area contributed by atoms with Gasteiger partial charge in [0.15, 0.2) is 5.60 Å². The number of hydrogen-bond acceptors (Lipinski definition) is 5. The van der Waals surface area contributed by atoms with Gasteiger partial charge in [-0.3, -0.25) is 14.8 Å². The second-order valence-electron chi connectivity index (χ2n) is 5.80. The Balaban J connectivity index is 2.82. The Morgan fingerprint density at radius 1 is 1.29 bits per heavy atom. The number of hydrogen-bond donors (Lipinski definition) is 4. The first-order valence-electron chi connectivity index (χ1n) is 7.43. The van der Waals surface area contributed by atoms with Crippen LogP contribution in [0.2, 0.25) is 0 Å². The van der Waals surface area contributed by atoms with Gasteiger partial charge >= 0.3 is 0 Å². The van der Waals surface area contributed by atoms with Crippen LogP contribution in [0.4, 0.5) is 0 Å². The molecule has 0 radical (unpaired) electrons. The van der Waals surface area contributed by atoms with Crippen molar-refractivity contribution in [1.82, 2.24) is 10.8 Å². The molecule has 1 aromatic carbocycles. The van der Waals surface area contributed by atoms with Gasteiger partial charge in [-0.05, 0) is 52.0 Å². The van der Waals surface area contributed by atoms with E-state index in [0.717, 1.165) is 0 Å². The number of rotatable bonds is 6. The van der Waals surface area contributed by atoms with Crippen LogP contribution in [0.25, 0.3) is 0 Å². The number of nitrogens with one attached hydrogen (secondary N) is 2. The van der Waals surface area contributed by atoms with Gasteiger partial charge in [0.05, 0.1) is 0 Å². The summed E-state index contributed by atoms with van der Waals surface area (Å²) in [6.45, 7) is 6.96. The molecule has 1 aromatic rings. The quantitative estimate of drug-likeness (QED) is 0.350. The minimum atomic E-state index is -1.04. The topological polar surface area (TPSA) is 114 Å². The Bertz CT molecular complexity index is 642. The van der Waals surface area contributed by atoms with E-state index in [4.69, 9.17) is 15.7 Å². The molecule has 0 fully saturated rings. The molecule has 0 saturated carbocycles. The van der Waals surface area contributed by atoms with Crippen LogP contribution < -0.4 is 21.3 Å². The maximum atomic E-state index is 12.2. The van der Waals surface area contributed by atoms with E-state index in [9.17, 15) is 9.59 Å². The van der Waals surface area contributed by atoms with Crippen LogP contribution >= 0.6 is 0 Å². The molecule has 24 heavy (non-hydrogen) atoms. The molecule has 130 valence electrons. The molecule has 0 heterocycles. The Morgan fingerprint density at radius 2 is 1.88 bits per heavy atom. The highest BCUT2D eigenvalue weighted by Gasteiger charge is 2.25. The molecule has 0 spiro atoms. The molecule has 0 aliphatic rings. The van der Waals surface area contributed by atoms with E-state index >= 15 is 0 Å². The van der Waals surface area contributed by atoms with Crippen LogP contribution in [0.5, 0.6) is 5.75 Å². The predicted molar refractivity (Wildman–Crippen MR) is 89.4 cm³/mol. The van der Waals surface area contributed by atoms with E-state index in [0.29, 0.717) is 11.3 Å². The van der Waals surface area contributed by atoms with Crippen molar-refractivity contribution in [2.45, 2.75) is 45.4 Å². The average Bonchev–Trinajstić information content (AvgIpc) is 2.51. The lowest BCUT2D eigenvalue weighted by Gasteiger charge is -2.21. The average molecular weight is 333 g/mol. The fourth-order valence-electron chi connectivity index (χ4n) is 2.03. The van der Waals surface area contributed by atoms with Crippen molar-refractivity contribution in [2.75, 3.05) is 0 Å². The van der Waals surface area contributed by atoms with Gasteiger partial charge in [-0.1, -0.05) is 5.92 Å². The summed E-state index contributed by atoms with van der Waals surface area (Å²) in [7, 11) is 0. The first-order valence-corrected chi connectivity index (χ1v) is 7.43. The van der Waals surface area contributed by atoms with Crippen molar-refractivity contribution in [3.8, 4) is 17.6 Å². The van der Waals surface area contributed by atoms with E-state index in [-0.39, 0.29) is 0 Å². The minimum absolute atomic E-state index is 0.332. The first-order chi connectivity index (χ1) is 11.2. The standard InChI is InChI=1S/C17H23N3O4/c1-5-10-17(3,4)24-13-8-6-12(7-9-13)15(21)19-14(11(2)18)16(22)20-23/h6-9,11,14,23H,18H2,1-4H3,(H,19,21)(H,20,22)/t11-,14+/m1/s1. The number of benzene rings is 1. The van der Waals surface area contributed by atoms with Crippen molar-refractivity contribution >= 4 is 11.8 Å². The molecule has 1 rings (SSSR count). The fraction of sp³-hybridized carbons (Fsp3) is 0.412. The lowest BCUT2D eigenvalue weighted by molar-refractivity contribution is -0.131. The molecular weight excluding hydrogens is 310 g/mol. The number of carbonyl (C=O) groups excluding carboxylic acids is 2. The van der Waals surface area contributed by atoms with Crippen molar-refractivity contribution in [2.24, 2.45) is 5.73 Å². The molecule has 7 nitrogen and oxygen atoms in total. The normalized spacial score (nSPS) is 13.1. The molecule has 0 bridgehead atoms. The van der Waals surface area contributed by atoms with E-state index < -0.39 is 29.5 Å². The third-order valence-corrected chi connectivity index (χ3v) is 3.12. The van der Waals surface area contributed by atoms with Crippen LogP contribution in [0.15, 0.2) is 24.3 Å². The lowest BCUT2D eigenvalue weighted by atomic mass is 10.1. The van der Waals surface area contributed by atoms with Crippen LogP contribution in [-0.2, 0) is 4.79 Å². The molecule has 5 N–H and O–H groups in total. The van der Waals surface area contributed by atoms with Gasteiger partial charge in [-0.25, -0.2) is 5.48 Å². The van der Waals surface area contributed by atoms with E-state index in [1.165, 1.54) is 5.48 Å². The Kier molecular flexibility index (Phi) is 6.77. The Hall–Kier alpha value is -2.56. The smallest absolute Gasteiger partial charge is 0.267 e. The highest BCUT2D eigenvalue weighted by atomic mass is 16.5. The van der Waals surface area contributed by atoms with Gasteiger partial charge in [0.1, 0.15) is 11.8 Å². The lowest BCUT2D eigenvalue weighted by Crippen LogP contribution is -2.54. The molecule has 0 saturated heterocycles. The molecule has 0 aliphatic carbocycles. The zero-order chi connectivity index (χ0) is 18.3. The van der Waals surface area contributed by atoms with Gasteiger partial charge in [0.25, 0.3) is 11.8 Å². The summed E-state index contributed by atoms with van der Waals surface area (Å²) in [5, 5.41) is 11.2. The highest BCUT2D eigenvalue weighted by Crippen LogP contribution is 2.18. The number of ether oxygens (including phenoxy) is 1. The predicted octanol–water partition coefficient (Wildman–Crippen LogP) is 0.818. The summed E-state index contributed by atoms with van der Waals surface area (Å²) >= 11 is 0. The van der Waals surface area contributed by atoms with Gasteiger partial charge in [-0.15, -0.1) is 5.92 Å². The Labute approximate surface area is 141 Å². The fourth-order valence-corrected chi connectivity index (χ4v) is 2.03. The van der Waals surface area contributed by atoms with E-state index in [1.807, 2.05) is 13.8 Å². The monoisotopic (exact) mass is 333 g/mol. The minimum Gasteiger partial charge on any atom is -0.475 e. The summed E-state index contributed by atoms with van der Waals surface area (Å²) in [4.78, 5) is 23.7. The van der Waals surface area contributed by atoms with Crippen molar-refractivity contribution in [3.63, 3.8) is 0 Å². The summed E-state index contributed by atoms with van der Waals surface area (Å²) in [5.41, 5.74) is 6.82. The number of amides is 2. The molecule has 0 unspecified atom stereocenters. The number of nitrogens with two attached hydrogens (primary N) is 1. The molecule has 2 atom stereocenters. The zero-order valence-corrected chi connectivity index (χ0v) is 14.2. The van der Waals surface area contributed by atoms with Gasteiger partial charge < -0.3 is 15.8 Å². The summed E-state index contributed by atoms with van der Waals surface area (Å²) in [5.74, 6) is 5.03. The maximum absolute atomic E-state index is 12.2. The first kappa shape index (κ1) is 19.5. The highest BCUT2D eigenvalue weighted by molar-refractivity contribution is 5.97. The second kappa shape index (κ2) is 8.34. The molecule has 2 amide bonds.